The number of nitrogens with zero attached hydrogens (tertiary/aromatic N) is 1. The highest BCUT2D eigenvalue weighted by Crippen LogP contribution is 2.40. The topological polar surface area (TPSA) is 32.3 Å². The van der Waals surface area contributed by atoms with Crippen LogP contribution < -0.4 is 5.32 Å². The zero-order chi connectivity index (χ0) is 15.5. The highest BCUT2D eigenvalue weighted by molar-refractivity contribution is 7.20. The molecule has 4 heteroatoms. The molecule has 2 saturated heterocycles. The molecule has 2 bridgehead atoms. The molecule has 2 aliphatic heterocycles. The fraction of sp³-hybridized carbons (Fsp3) is 0.500. The van der Waals surface area contributed by atoms with E-state index in [2.05, 4.69) is 49.2 Å². The van der Waals surface area contributed by atoms with Crippen molar-refractivity contribution in [1.82, 2.24) is 10.2 Å². The highest BCUT2D eigenvalue weighted by atomic mass is 32.1. The lowest BCUT2D eigenvalue weighted by Gasteiger charge is -2.40. The number of hydrogen-bond donors (Lipinski definition) is 1. The molecule has 0 spiro atoms. The van der Waals surface area contributed by atoms with Gasteiger partial charge in [-0.05, 0) is 57.2 Å². The average Bonchev–Trinajstić information content (AvgIpc) is 3.14. The van der Waals surface area contributed by atoms with E-state index in [1.54, 1.807) is 11.3 Å². The van der Waals surface area contributed by atoms with Crippen LogP contribution in [-0.2, 0) is 0 Å². The van der Waals surface area contributed by atoms with Gasteiger partial charge in [-0.2, -0.15) is 0 Å². The minimum absolute atomic E-state index is 0.0752. The summed E-state index contributed by atoms with van der Waals surface area (Å²) < 4.78 is 1.19. The van der Waals surface area contributed by atoms with Crippen molar-refractivity contribution in [3.05, 3.63) is 34.7 Å². The summed E-state index contributed by atoms with van der Waals surface area (Å²) in [5, 5.41) is 4.49. The number of carbonyl (C=O) groups excluding carboxylic acids is 1. The molecule has 3 nitrogen and oxygen atoms in total. The summed E-state index contributed by atoms with van der Waals surface area (Å²) in [6, 6.07) is 8.66. The zero-order valence-corrected chi connectivity index (χ0v) is 14.2. The quantitative estimate of drug-likeness (QED) is 0.921. The van der Waals surface area contributed by atoms with Crippen molar-refractivity contribution in [3.63, 3.8) is 0 Å². The SMILES string of the molecule is Cc1ccc2sc(C(=O)N[C@H]3C4CCN(C4)C3(C)C)cc2c1. The van der Waals surface area contributed by atoms with Crippen LogP contribution >= 0.6 is 11.3 Å². The first-order valence-electron chi connectivity index (χ1n) is 8.01. The number of aryl methyl sites for hydroxylation is 1. The van der Waals surface area contributed by atoms with Crippen LogP contribution in [0.1, 0.15) is 35.5 Å². The fourth-order valence-electron chi connectivity index (χ4n) is 4.14. The molecule has 0 aliphatic carbocycles. The van der Waals surface area contributed by atoms with Crippen molar-refractivity contribution in [2.75, 3.05) is 13.1 Å². The number of nitrogens with one attached hydrogen (secondary N) is 1. The second kappa shape index (κ2) is 4.80. The van der Waals surface area contributed by atoms with E-state index in [0.717, 1.165) is 11.4 Å². The standard InChI is InChI=1S/C18H22N2OS/c1-11-4-5-14-13(8-11)9-15(22-14)17(21)19-16-12-6-7-20(10-12)18(16,2)3/h4-5,8-9,12,16H,6-7,10H2,1-3H3,(H,19,21)/t12?,16-/m0/s1. The zero-order valence-electron chi connectivity index (χ0n) is 13.3. The van der Waals surface area contributed by atoms with Gasteiger partial charge in [0.25, 0.3) is 5.91 Å². The molecule has 2 unspecified atom stereocenters. The Labute approximate surface area is 135 Å². The molecular formula is C18H22N2OS. The third-order valence-corrected chi connectivity index (χ3v) is 6.57. The van der Waals surface area contributed by atoms with Crippen LogP contribution in [0.25, 0.3) is 10.1 Å². The molecule has 2 aliphatic rings. The summed E-state index contributed by atoms with van der Waals surface area (Å²) in [5.41, 5.74) is 1.31. The Morgan fingerprint density at radius 3 is 2.91 bits per heavy atom. The minimum Gasteiger partial charge on any atom is -0.346 e. The van der Waals surface area contributed by atoms with E-state index in [1.165, 1.54) is 28.6 Å². The maximum Gasteiger partial charge on any atom is 0.261 e. The number of carbonyl (C=O) groups is 1. The molecule has 1 N–H and O–H groups in total. The smallest absolute Gasteiger partial charge is 0.261 e. The molecular weight excluding hydrogens is 292 g/mol. The molecule has 4 rings (SSSR count). The first-order chi connectivity index (χ1) is 10.4. The molecule has 2 aromatic rings. The van der Waals surface area contributed by atoms with Gasteiger partial charge in [0.2, 0.25) is 0 Å². The van der Waals surface area contributed by atoms with E-state index in [9.17, 15) is 4.79 Å². The van der Waals surface area contributed by atoms with Crippen molar-refractivity contribution in [3.8, 4) is 0 Å². The first-order valence-corrected chi connectivity index (χ1v) is 8.83. The number of fused-ring (bicyclic) bond motifs is 3. The average molecular weight is 314 g/mol. The lowest BCUT2D eigenvalue weighted by Crippen LogP contribution is -2.56. The molecule has 3 atom stereocenters. The fourth-order valence-corrected chi connectivity index (χ4v) is 5.08. The summed E-state index contributed by atoms with van der Waals surface area (Å²) in [5.74, 6) is 0.696. The van der Waals surface area contributed by atoms with Gasteiger partial charge in [0.15, 0.2) is 0 Å². The Hall–Kier alpha value is -1.39. The van der Waals surface area contributed by atoms with Gasteiger partial charge in [-0.3, -0.25) is 9.69 Å². The van der Waals surface area contributed by atoms with Gasteiger partial charge in [-0.15, -0.1) is 11.3 Å². The number of hydrogen-bond acceptors (Lipinski definition) is 3. The van der Waals surface area contributed by atoms with E-state index in [0.29, 0.717) is 5.92 Å². The lowest BCUT2D eigenvalue weighted by atomic mass is 9.85. The molecule has 1 amide bonds. The first kappa shape index (κ1) is 14.2. The predicted molar refractivity (Wildman–Crippen MR) is 91.6 cm³/mol. The number of benzene rings is 1. The Morgan fingerprint density at radius 1 is 1.36 bits per heavy atom. The molecule has 3 heterocycles. The molecule has 0 radical (unpaired) electrons. The number of thiophene rings is 1. The Kier molecular flexibility index (Phi) is 3.10. The van der Waals surface area contributed by atoms with E-state index < -0.39 is 0 Å². The maximum absolute atomic E-state index is 12.7. The van der Waals surface area contributed by atoms with Crippen LogP contribution in [0.3, 0.4) is 0 Å². The van der Waals surface area contributed by atoms with Crippen LogP contribution in [0.2, 0.25) is 0 Å². The predicted octanol–water partition coefficient (Wildman–Crippen LogP) is 3.42. The van der Waals surface area contributed by atoms with Crippen LogP contribution in [0.15, 0.2) is 24.3 Å². The van der Waals surface area contributed by atoms with Gasteiger partial charge in [0.1, 0.15) is 0 Å². The molecule has 116 valence electrons. The van der Waals surface area contributed by atoms with Crippen molar-refractivity contribution in [1.29, 1.82) is 0 Å². The normalized spacial score (nSPS) is 29.1. The number of piperidine rings is 1. The Balaban J connectivity index is 1.59. The highest BCUT2D eigenvalue weighted by Gasteiger charge is 2.51. The van der Waals surface area contributed by atoms with Gasteiger partial charge in [0, 0.05) is 16.8 Å². The number of amides is 1. The monoisotopic (exact) mass is 314 g/mol. The second-order valence-corrected chi connectivity index (χ2v) is 8.34. The van der Waals surface area contributed by atoms with Crippen LogP contribution in [0.4, 0.5) is 0 Å². The third-order valence-electron chi connectivity index (χ3n) is 5.45. The van der Waals surface area contributed by atoms with Gasteiger partial charge in [0.05, 0.1) is 10.9 Å². The van der Waals surface area contributed by atoms with Crippen molar-refractivity contribution < 1.29 is 4.79 Å². The van der Waals surface area contributed by atoms with E-state index in [4.69, 9.17) is 0 Å². The lowest BCUT2D eigenvalue weighted by molar-refractivity contribution is 0.0839. The molecule has 22 heavy (non-hydrogen) atoms. The molecule has 0 saturated carbocycles. The summed E-state index contributed by atoms with van der Waals surface area (Å²) >= 11 is 1.59. The Bertz CT molecular complexity index is 749. The van der Waals surface area contributed by atoms with Gasteiger partial charge >= 0.3 is 0 Å². The summed E-state index contributed by atoms with van der Waals surface area (Å²) in [4.78, 5) is 16.0. The Morgan fingerprint density at radius 2 is 2.18 bits per heavy atom. The van der Waals surface area contributed by atoms with Gasteiger partial charge < -0.3 is 5.32 Å². The second-order valence-electron chi connectivity index (χ2n) is 7.25. The number of rotatable bonds is 2. The molecule has 2 fully saturated rings. The van der Waals surface area contributed by atoms with Crippen LogP contribution in [0, 0.1) is 12.8 Å². The van der Waals surface area contributed by atoms with Gasteiger partial charge in [-0.25, -0.2) is 0 Å². The van der Waals surface area contributed by atoms with E-state index >= 15 is 0 Å². The summed E-state index contributed by atoms with van der Waals surface area (Å²) in [7, 11) is 0. The largest absolute Gasteiger partial charge is 0.346 e. The third kappa shape index (κ3) is 2.09. The summed E-state index contributed by atoms with van der Waals surface area (Å²) in [6.07, 6.45) is 1.21. The van der Waals surface area contributed by atoms with Crippen molar-refractivity contribution in [2.45, 2.75) is 38.8 Å². The maximum atomic E-state index is 12.7. The molecule has 1 aromatic heterocycles. The van der Waals surface area contributed by atoms with Crippen molar-refractivity contribution >= 4 is 27.3 Å². The van der Waals surface area contributed by atoms with Crippen LogP contribution in [-0.4, -0.2) is 35.5 Å². The van der Waals surface area contributed by atoms with Crippen LogP contribution in [0.5, 0.6) is 0 Å². The minimum atomic E-state index is 0.0752. The van der Waals surface area contributed by atoms with E-state index in [-0.39, 0.29) is 17.5 Å². The van der Waals surface area contributed by atoms with E-state index in [1.807, 2.05) is 6.07 Å². The van der Waals surface area contributed by atoms with Gasteiger partial charge in [-0.1, -0.05) is 17.7 Å². The molecule has 1 aromatic carbocycles. The van der Waals surface area contributed by atoms with Crippen molar-refractivity contribution in [2.24, 2.45) is 5.92 Å². The summed E-state index contributed by atoms with van der Waals surface area (Å²) in [6.45, 7) is 8.90.